The molecule has 3 N–H and O–H groups in total. The molecule has 0 saturated heterocycles. The summed E-state index contributed by atoms with van der Waals surface area (Å²) in [5, 5.41) is 3.61. The third-order valence-electron chi connectivity index (χ3n) is 5.25. The molecular formula is C23H34Cl3N3O. The third-order valence-corrected chi connectivity index (χ3v) is 5.57. The van der Waals surface area contributed by atoms with E-state index in [-0.39, 0.29) is 30.7 Å². The molecule has 0 aromatic heterocycles. The maximum Gasteiger partial charge on any atom is 0.279 e. The van der Waals surface area contributed by atoms with Crippen LogP contribution in [0.25, 0.3) is 0 Å². The summed E-state index contributed by atoms with van der Waals surface area (Å²) in [5.74, 6) is 0.0114. The standard InChI is InChI=1S/C23H32ClN3O.2ClH/c1-4-26(5-2)15-10-16-27(17-20-12-7-6-8-13-20)18-22(28)25-23-19(3)11-9-14-21(23)24;;/h6-9,11-14H,4-5,10,15-18H2,1-3H3,(H,25,28);2*1H. The maximum absolute atomic E-state index is 12.7. The Hall–Kier alpha value is -1.30. The number of hydrogen-bond acceptors (Lipinski definition) is 1. The Labute approximate surface area is 198 Å². The highest BCUT2D eigenvalue weighted by atomic mass is 35.5. The molecule has 0 aliphatic carbocycles. The van der Waals surface area contributed by atoms with Crippen LogP contribution < -0.4 is 39.9 Å². The number of carbonyl (C=O) groups is 1. The fraction of sp³-hybridized carbons (Fsp3) is 0.435. The van der Waals surface area contributed by atoms with Gasteiger partial charge in [0, 0.05) is 12.0 Å². The second-order valence-electron chi connectivity index (χ2n) is 7.38. The zero-order valence-electron chi connectivity index (χ0n) is 18.1. The lowest BCUT2D eigenvalue weighted by molar-refractivity contribution is -0.921. The van der Waals surface area contributed by atoms with Gasteiger partial charge in [-0.05, 0) is 32.4 Å². The number of carbonyl (C=O) groups excluding carboxylic acids is 1. The first kappa shape index (κ1) is 28.7. The number of aryl methyl sites for hydroxylation is 1. The number of hydrogen-bond donors (Lipinski definition) is 3. The van der Waals surface area contributed by atoms with Crippen LogP contribution in [0, 0.1) is 6.92 Å². The summed E-state index contributed by atoms with van der Waals surface area (Å²) in [7, 11) is 0. The zero-order valence-corrected chi connectivity index (χ0v) is 20.4. The molecule has 30 heavy (non-hydrogen) atoms. The molecule has 7 heteroatoms. The molecule has 0 bridgehead atoms. The van der Waals surface area contributed by atoms with E-state index >= 15 is 0 Å². The van der Waals surface area contributed by atoms with Gasteiger partial charge in [0.1, 0.15) is 6.54 Å². The first-order chi connectivity index (χ1) is 13.5. The fourth-order valence-electron chi connectivity index (χ4n) is 3.52. The van der Waals surface area contributed by atoms with Gasteiger partial charge in [-0.1, -0.05) is 54.1 Å². The molecule has 1 amide bonds. The van der Waals surface area contributed by atoms with E-state index in [1.165, 1.54) is 10.5 Å². The highest BCUT2D eigenvalue weighted by molar-refractivity contribution is 6.33. The normalized spacial score (nSPS) is 11.4. The van der Waals surface area contributed by atoms with Crippen LogP contribution >= 0.6 is 11.6 Å². The Balaban J connectivity index is 0.00000420. The van der Waals surface area contributed by atoms with E-state index < -0.39 is 0 Å². The van der Waals surface area contributed by atoms with Gasteiger partial charge in [0.05, 0.1) is 36.9 Å². The van der Waals surface area contributed by atoms with Crippen LogP contribution in [0.5, 0.6) is 0 Å². The number of para-hydroxylation sites is 1. The van der Waals surface area contributed by atoms with Gasteiger partial charge in [-0.3, -0.25) is 4.79 Å². The number of benzene rings is 2. The molecule has 0 heterocycles. The number of anilines is 1. The Morgan fingerprint density at radius 2 is 1.57 bits per heavy atom. The molecule has 1 atom stereocenters. The lowest BCUT2D eigenvalue weighted by Gasteiger charge is -2.21. The largest absolute Gasteiger partial charge is 1.00 e. The van der Waals surface area contributed by atoms with Gasteiger partial charge in [-0.2, -0.15) is 0 Å². The Kier molecular flexibility index (Phi) is 14.8. The molecule has 0 aliphatic heterocycles. The van der Waals surface area contributed by atoms with Crippen molar-refractivity contribution >= 4 is 23.2 Å². The Morgan fingerprint density at radius 3 is 2.17 bits per heavy atom. The van der Waals surface area contributed by atoms with Crippen LogP contribution in [0.3, 0.4) is 0 Å². The van der Waals surface area contributed by atoms with Crippen LogP contribution in [-0.2, 0) is 11.3 Å². The van der Waals surface area contributed by atoms with E-state index in [1.807, 2.05) is 31.2 Å². The number of rotatable bonds is 11. The predicted molar refractivity (Wildman–Crippen MR) is 117 cm³/mol. The van der Waals surface area contributed by atoms with Gasteiger partial charge in [-0.15, -0.1) is 0 Å². The molecule has 1 unspecified atom stereocenters. The van der Waals surface area contributed by atoms with Crippen molar-refractivity contribution in [2.24, 2.45) is 0 Å². The summed E-state index contributed by atoms with van der Waals surface area (Å²) >= 11 is 6.27. The molecule has 0 saturated carbocycles. The Bertz CT molecular complexity index is 719. The quantitative estimate of drug-likeness (QED) is 0.305. The minimum absolute atomic E-state index is 0. The fourth-order valence-corrected chi connectivity index (χ4v) is 3.79. The number of halogens is 3. The smallest absolute Gasteiger partial charge is 0.279 e. The molecule has 2 aromatic rings. The number of quaternary nitrogens is 2. The first-order valence-electron chi connectivity index (χ1n) is 10.3. The molecular weight excluding hydrogens is 441 g/mol. The molecule has 0 spiro atoms. The topological polar surface area (TPSA) is 38.0 Å². The molecule has 168 valence electrons. The van der Waals surface area contributed by atoms with Crippen LogP contribution in [0.1, 0.15) is 31.4 Å². The van der Waals surface area contributed by atoms with E-state index in [0.29, 0.717) is 11.6 Å². The van der Waals surface area contributed by atoms with Crippen LogP contribution in [0.15, 0.2) is 48.5 Å². The average molecular weight is 475 g/mol. The summed E-state index contributed by atoms with van der Waals surface area (Å²) in [6.45, 7) is 12.1. The van der Waals surface area contributed by atoms with E-state index in [2.05, 4.69) is 43.4 Å². The van der Waals surface area contributed by atoms with Crippen LogP contribution in [0.2, 0.25) is 5.02 Å². The molecule has 0 aliphatic rings. The van der Waals surface area contributed by atoms with E-state index in [1.54, 1.807) is 4.90 Å². The van der Waals surface area contributed by atoms with Crippen LogP contribution in [0.4, 0.5) is 5.69 Å². The molecule has 2 rings (SSSR count). The summed E-state index contributed by atoms with van der Waals surface area (Å²) in [6.07, 6.45) is 1.11. The van der Waals surface area contributed by atoms with E-state index in [4.69, 9.17) is 11.6 Å². The molecule has 0 fully saturated rings. The van der Waals surface area contributed by atoms with Crippen molar-refractivity contribution in [3.05, 3.63) is 64.7 Å². The molecule has 2 aromatic carbocycles. The summed E-state index contributed by atoms with van der Waals surface area (Å²) in [6, 6.07) is 16.1. The maximum atomic E-state index is 12.7. The highest BCUT2D eigenvalue weighted by Crippen LogP contribution is 2.24. The van der Waals surface area contributed by atoms with Crippen molar-refractivity contribution in [2.45, 2.75) is 33.7 Å². The van der Waals surface area contributed by atoms with Gasteiger partial charge in [-0.25, -0.2) is 0 Å². The van der Waals surface area contributed by atoms with E-state index in [9.17, 15) is 4.79 Å². The molecule has 4 nitrogen and oxygen atoms in total. The van der Waals surface area contributed by atoms with Gasteiger partial charge in [0.15, 0.2) is 6.54 Å². The van der Waals surface area contributed by atoms with Crippen molar-refractivity contribution in [1.82, 2.24) is 0 Å². The second-order valence-corrected chi connectivity index (χ2v) is 7.79. The zero-order chi connectivity index (χ0) is 20.4. The lowest BCUT2D eigenvalue weighted by atomic mass is 10.2. The number of nitrogens with one attached hydrogen (secondary N) is 3. The van der Waals surface area contributed by atoms with Gasteiger partial charge in [0.2, 0.25) is 0 Å². The van der Waals surface area contributed by atoms with Crippen molar-refractivity contribution in [3.8, 4) is 0 Å². The third kappa shape index (κ3) is 9.67. The average Bonchev–Trinajstić information content (AvgIpc) is 2.69. The lowest BCUT2D eigenvalue weighted by Crippen LogP contribution is -3.14. The van der Waals surface area contributed by atoms with Crippen molar-refractivity contribution in [3.63, 3.8) is 0 Å². The highest BCUT2D eigenvalue weighted by Gasteiger charge is 2.17. The second kappa shape index (κ2) is 15.5. The number of amides is 1. The van der Waals surface area contributed by atoms with Gasteiger partial charge < -0.3 is 39.9 Å². The summed E-state index contributed by atoms with van der Waals surface area (Å²) < 4.78 is 0. The van der Waals surface area contributed by atoms with Gasteiger partial charge >= 0.3 is 0 Å². The van der Waals surface area contributed by atoms with Crippen LogP contribution in [-0.4, -0.2) is 38.6 Å². The summed E-state index contributed by atoms with van der Waals surface area (Å²) in [4.78, 5) is 15.6. The SMILES string of the molecule is CC[NH+](CC)CCC[NH+](CC(=O)Nc1c(C)cccc1Cl)Cc1ccccc1.[Cl-].[Cl-]. The first-order valence-corrected chi connectivity index (χ1v) is 10.7. The van der Waals surface area contributed by atoms with Gasteiger partial charge in [0.25, 0.3) is 5.91 Å². The van der Waals surface area contributed by atoms with Crippen molar-refractivity contribution < 1.29 is 39.4 Å². The monoisotopic (exact) mass is 473 g/mol. The minimum atomic E-state index is 0. The Morgan fingerprint density at radius 1 is 0.933 bits per heavy atom. The molecule has 0 radical (unpaired) electrons. The van der Waals surface area contributed by atoms with Crippen molar-refractivity contribution in [1.29, 1.82) is 0 Å². The summed E-state index contributed by atoms with van der Waals surface area (Å²) in [5.41, 5.74) is 2.96. The van der Waals surface area contributed by atoms with Crippen molar-refractivity contribution in [2.75, 3.05) is 38.0 Å². The predicted octanol–water partition coefficient (Wildman–Crippen LogP) is -4.01. The van der Waals surface area contributed by atoms with E-state index in [0.717, 1.165) is 50.4 Å². The minimum Gasteiger partial charge on any atom is -1.00 e.